The second kappa shape index (κ2) is 4.19. The lowest BCUT2D eigenvalue weighted by Crippen LogP contribution is -2.31. The highest BCUT2D eigenvalue weighted by atomic mass is 19.4. The van der Waals surface area contributed by atoms with E-state index < -0.39 is 18.7 Å². The van der Waals surface area contributed by atoms with Crippen LogP contribution in [0, 0.1) is 0 Å². The Morgan fingerprint density at radius 1 is 1.42 bits per heavy atom. The molecule has 1 aliphatic carbocycles. The van der Waals surface area contributed by atoms with Crippen LogP contribution in [0.1, 0.15) is 24.7 Å². The predicted molar refractivity (Wildman–Crippen MR) is 61.6 cm³/mol. The topological polar surface area (TPSA) is 50.9 Å². The third-order valence-electron chi connectivity index (χ3n) is 3.23. The third kappa shape index (κ3) is 2.30. The number of halogens is 3. The zero-order chi connectivity index (χ0) is 13.6. The molecule has 0 aromatic carbocycles. The van der Waals surface area contributed by atoms with Crippen molar-refractivity contribution in [1.82, 2.24) is 14.5 Å². The molecule has 1 fully saturated rings. The Labute approximate surface area is 106 Å². The molecule has 0 saturated heterocycles. The maximum atomic E-state index is 12.4. The van der Waals surface area contributed by atoms with Crippen LogP contribution < -0.4 is 0 Å². The van der Waals surface area contributed by atoms with E-state index in [9.17, 15) is 18.3 Å². The first-order valence-corrected chi connectivity index (χ1v) is 6.02. The average molecular weight is 271 g/mol. The van der Waals surface area contributed by atoms with Crippen molar-refractivity contribution in [3.8, 4) is 0 Å². The first-order chi connectivity index (χ1) is 8.97. The summed E-state index contributed by atoms with van der Waals surface area (Å²) in [6.45, 7) is 0. The summed E-state index contributed by atoms with van der Waals surface area (Å²) in [6, 6.07) is 1.94. The Kier molecular flexibility index (Phi) is 2.74. The summed E-state index contributed by atoms with van der Waals surface area (Å²) < 4.78 is 39.1. The van der Waals surface area contributed by atoms with E-state index in [1.807, 2.05) is 0 Å². The van der Waals surface area contributed by atoms with Crippen LogP contribution in [0.25, 0.3) is 11.0 Å². The van der Waals surface area contributed by atoms with Gasteiger partial charge >= 0.3 is 6.18 Å². The summed E-state index contributed by atoms with van der Waals surface area (Å²) in [7, 11) is 0. The quantitative estimate of drug-likeness (QED) is 0.931. The molecule has 0 amide bonds. The molecule has 102 valence electrons. The van der Waals surface area contributed by atoms with Crippen LogP contribution in [0.2, 0.25) is 0 Å². The highest BCUT2D eigenvalue weighted by Gasteiger charge is 2.40. The SMILES string of the molecule is OC(Cc1nc2cnccc2n1C1CC1)C(F)(F)F. The van der Waals surface area contributed by atoms with E-state index in [4.69, 9.17) is 0 Å². The lowest BCUT2D eigenvalue weighted by Gasteiger charge is -2.15. The van der Waals surface area contributed by atoms with Crippen molar-refractivity contribution in [3.05, 3.63) is 24.3 Å². The van der Waals surface area contributed by atoms with Crippen molar-refractivity contribution in [3.63, 3.8) is 0 Å². The van der Waals surface area contributed by atoms with Gasteiger partial charge in [0.05, 0.1) is 11.7 Å². The lowest BCUT2D eigenvalue weighted by atomic mass is 10.2. The molecule has 4 nitrogen and oxygen atoms in total. The van der Waals surface area contributed by atoms with Crippen molar-refractivity contribution < 1.29 is 18.3 Å². The zero-order valence-corrected chi connectivity index (χ0v) is 9.93. The molecule has 1 aliphatic rings. The van der Waals surface area contributed by atoms with E-state index >= 15 is 0 Å². The summed E-state index contributed by atoms with van der Waals surface area (Å²) in [4.78, 5) is 8.08. The van der Waals surface area contributed by atoms with Crippen molar-refractivity contribution in [1.29, 1.82) is 0 Å². The third-order valence-corrected chi connectivity index (χ3v) is 3.23. The van der Waals surface area contributed by atoms with E-state index in [2.05, 4.69) is 9.97 Å². The Morgan fingerprint density at radius 3 is 2.79 bits per heavy atom. The van der Waals surface area contributed by atoms with Crippen LogP contribution in [0.3, 0.4) is 0 Å². The molecule has 2 aromatic rings. The van der Waals surface area contributed by atoms with Crippen LogP contribution in [-0.2, 0) is 6.42 Å². The molecule has 1 N–H and O–H groups in total. The maximum absolute atomic E-state index is 12.4. The molecule has 2 aromatic heterocycles. The first-order valence-electron chi connectivity index (χ1n) is 6.02. The fourth-order valence-electron chi connectivity index (χ4n) is 2.17. The van der Waals surface area contributed by atoms with Gasteiger partial charge < -0.3 is 9.67 Å². The van der Waals surface area contributed by atoms with Gasteiger partial charge in [0, 0.05) is 18.7 Å². The average Bonchev–Trinajstić information content (AvgIpc) is 3.09. The summed E-state index contributed by atoms with van der Waals surface area (Å²) in [5.41, 5.74) is 1.35. The number of aromatic nitrogens is 3. The van der Waals surface area contributed by atoms with Gasteiger partial charge in [-0.2, -0.15) is 13.2 Å². The van der Waals surface area contributed by atoms with Crippen molar-refractivity contribution in [2.45, 2.75) is 37.6 Å². The molecular weight excluding hydrogens is 259 g/mol. The van der Waals surface area contributed by atoms with Gasteiger partial charge in [-0.15, -0.1) is 0 Å². The number of pyridine rings is 1. The number of alkyl halides is 3. The van der Waals surface area contributed by atoms with Crippen LogP contribution in [-0.4, -0.2) is 31.9 Å². The molecule has 19 heavy (non-hydrogen) atoms. The summed E-state index contributed by atoms with van der Waals surface area (Å²) in [6.07, 6.45) is -2.54. The minimum absolute atomic E-state index is 0.197. The number of hydrogen-bond acceptors (Lipinski definition) is 3. The second-order valence-corrected chi connectivity index (χ2v) is 4.76. The van der Waals surface area contributed by atoms with E-state index in [0.29, 0.717) is 5.52 Å². The zero-order valence-electron chi connectivity index (χ0n) is 9.93. The Hall–Kier alpha value is -1.63. The van der Waals surface area contributed by atoms with Crippen molar-refractivity contribution in [2.24, 2.45) is 0 Å². The number of nitrogens with zero attached hydrogens (tertiary/aromatic N) is 3. The van der Waals surface area contributed by atoms with Gasteiger partial charge in [-0.25, -0.2) is 4.98 Å². The van der Waals surface area contributed by atoms with Gasteiger partial charge in [-0.3, -0.25) is 4.98 Å². The Morgan fingerprint density at radius 2 is 2.16 bits per heavy atom. The number of hydrogen-bond donors (Lipinski definition) is 1. The van der Waals surface area contributed by atoms with Crippen LogP contribution in [0.4, 0.5) is 13.2 Å². The monoisotopic (exact) mass is 271 g/mol. The fraction of sp³-hybridized carbons (Fsp3) is 0.500. The lowest BCUT2D eigenvalue weighted by molar-refractivity contribution is -0.203. The summed E-state index contributed by atoms with van der Waals surface area (Å²) in [5.74, 6) is 0.273. The summed E-state index contributed by atoms with van der Waals surface area (Å²) in [5, 5.41) is 9.20. The molecule has 2 heterocycles. The molecule has 7 heteroatoms. The normalized spacial score (nSPS) is 17.9. The molecular formula is C12H12F3N3O. The van der Waals surface area contributed by atoms with E-state index in [0.717, 1.165) is 18.4 Å². The van der Waals surface area contributed by atoms with Gasteiger partial charge in [0.25, 0.3) is 0 Å². The largest absolute Gasteiger partial charge is 0.414 e. The van der Waals surface area contributed by atoms with E-state index in [1.54, 1.807) is 16.8 Å². The van der Waals surface area contributed by atoms with E-state index in [-0.39, 0.29) is 11.9 Å². The standard InChI is InChI=1S/C12H12F3N3O/c13-12(14,15)10(19)5-11-17-8-6-16-4-3-9(8)18(11)7-1-2-7/h3-4,6-7,10,19H,1-2,5H2. The van der Waals surface area contributed by atoms with Gasteiger partial charge in [-0.05, 0) is 18.9 Å². The molecule has 0 bridgehead atoms. The first kappa shape index (κ1) is 12.4. The van der Waals surface area contributed by atoms with Crippen LogP contribution in [0.5, 0.6) is 0 Å². The number of aliphatic hydroxyl groups excluding tert-OH is 1. The molecule has 1 atom stereocenters. The number of rotatable bonds is 3. The molecule has 1 unspecified atom stereocenters. The summed E-state index contributed by atoms with van der Waals surface area (Å²) >= 11 is 0. The highest BCUT2D eigenvalue weighted by molar-refractivity contribution is 5.75. The van der Waals surface area contributed by atoms with Gasteiger partial charge in [-0.1, -0.05) is 0 Å². The smallest absolute Gasteiger partial charge is 0.383 e. The van der Waals surface area contributed by atoms with Gasteiger partial charge in [0.1, 0.15) is 11.3 Å². The van der Waals surface area contributed by atoms with Gasteiger partial charge in [0.2, 0.25) is 0 Å². The Bertz CT molecular complexity index is 604. The number of fused-ring (bicyclic) bond motifs is 1. The van der Waals surface area contributed by atoms with Gasteiger partial charge in [0.15, 0.2) is 6.10 Å². The minimum atomic E-state index is -4.62. The molecule has 1 saturated carbocycles. The Balaban J connectivity index is 2.01. The highest BCUT2D eigenvalue weighted by Crippen LogP contribution is 2.39. The predicted octanol–water partition coefficient (Wildman–Crippen LogP) is 2.23. The minimum Gasteiger partial charge on any atom is -0.383 e. The van der Waals surface area contributed by atoms with Crippen molar-refractivity contribution >= 4 is 11.0 Å². The second-order valence-electron chi connectivity index (χ2n) is 4.76. The number of imidazole rings is 1. The molecule has 0 radical (unpaired) electrons. The molecule has 0 aliphatic heterocycles. The van der Waals surface area contributed by atoms with Crippen molar-refractivity contribution in [2.75, 3.05) is 0 Å². The maximum Gasteiger partial charge on any atom is 0.414 e. The van der Waals surface area contributed by atoms with Crippen LogP contribution in [0.15, 0.2) is 18.5 Å². The molecule has 3 rings (SSSR count). The van der Waals surface area contributed by atoms with E-state index in [1.165, 1.54) is 6.20 Å². The van der Waals surface area contributed by atoms with Crippen LogP contribution >= 0.6 is 0 Å². The number of aliphatic hydroxyl groups is 1. The fourth-order valence-corrected chi connectivity index (χ4v) is 2.17. The molecule has 0 spiro atoms.